The molecule has 0 heterocycles. The van der Waals surface area contributed by atoms with Crippen LogP contribution in [0, 0.1) is 6.92 Å². The molecule has 0 saturated heterocycles. The summed E-state index contributed by atoms with van der Waals surface area (Å²) in [6.07, 6.45) is 0.759. The number of aliphatic imine (C=N–C) groups is 1. The van der Waals surface area contributed by atoms with E-state index in [1.165, 1.54) is 11.1 Å². The maximum atomic E-state index is 5.53. The first-order chi connectivity index (χ1) is 13.1. The minimum absolute atomic E-state index is 0.611. The summed E-state index contributed by atoms with van der Waals surface area (Å²) in [5.41, 5.74) is 3.51. The van der Waals surface area contributed by atoms with E-state index >= 15 is 0 Å². The Morgan fingerprint density at radius 3 is 2.37 bits per heavy atom. The Morgan fingerprint density at radius 2 is 1.74 bits per heavy atom. The van der Waals surface area contributed by atoms with Crippen molar-refractivity contribution >= 4 is 5.96 Å². The number of rotatable bonds is 8. The fourth-order valence-corrected chi connectivity index (χ4v) is 2.90. The quantitative estimate of drug-likeness (QED) is 0.552. The molecule has 27 heavy (non-hydrogen) atoms. The molecule has 2 aromatic rings. The molecule has 0 spiro atoms. The number of aryl methyl sites for hydroxylation is 1. The summed E-state index contributed by atoms with van der Waals surface area (Å²) in [5, 5.41) is 6.66. The molecule has 0 unspecified atom stereocenters. The van der Waals surface area contributed by atoms with Crippen molar-refractivity contribution < 1.29 is 14.2 Å². The Bertz CT molecular complexity index is 775. The average molecular weight is 371 g/mol. The lowest BCUT2D eigenvalue weighted by molar-refractivity contribution is 0.322. The molecule has 0 aromatic heterocycles. The first-order valence-electron chi connectivity index (χ1n) is 8.90. The predicted octanol–water partition coefficient (Wildman–Crippen LogP) is 2.93. The molecule has 6 heteroatoms. The third-order valence-electron chi connectivity index (χ3n) is 4.24. The molecule has 0 radical (unpaired) electrons. The minimum Gasteiger partial charge on any atom is -0.493 e. The van der Waals surface area contributed by atoms with Gasteiger partial charge in [-0.25, -0.2) is 0 Å². The molecule has 6 nitrogen and oxygen atoms in total. The molecule has 2 aromatic carbocycles. The molecule has 0 fully saturated rings. The second-order valence-corrected chi connectivity index (χ2v) is 6.09. The summed E-state index contributed by atoms with van der Waals surface area (Å²) in [4.78, 5) is 4.28. The van der Waals surface area contributed by atoms with Crippen LogP contribution in [-0.4, -0.2) is 40.9 Å². The largest absolute Gasteiger partial charge is 0.493 e. The number of methoxy groups -OCH3 is 3. The third-order valence-corrected chi connectivity index (χ3v) is 4.24. The second kappa shape index (κ2) is 10.3. The zero-order chi connectivity index (χ0) is 19.6. The van der Waals surface area contributed by atoms with Gasteiger partial charge in [-0.3, -0.25) is 4.99 Å². The van der Waals surface area contributed by atoms with E-state index < -0.39 is 0 Å². The highest BCUT2D eigenvalue weighted by atomic mass is 16.5. The van der Waals surface area contributed by atoms with E-state index in [2.05, 4.69) is 46.8 Å². The van der Waals surface area contributed by atoms with E-state index in [9.17, 15) is 0 Å². The SMILES string of the molecule is CN=C(NCCc1ccc(OC)c(OC)c1OC)NCc1cccc(C)c1. The Hall–Kier alpha value is -2.89. The first-order valence-corrected chi connectivity index (χ1v) is 8.90. The van der Waals surface area contributed by atoms with E-state index in [1.54, 1.807) is 28.4 Å². The molecule has 0 atom stereocenters. The van der Waals surface area contributed by atoms with Crippen molar-refractivity contribution in [3.63, 3.8) is 0 Å². The Balaban J connectivity index is 1.94. The van der Waals surface area contributed by atoms with Gasteiger partial charge in [0.25, 0.3) is 0 Å². The predicted molar refractivity (Wildman–Crippen MR) is 109 cm³/mol. The lowest BCUT2D eigenvalue weighted by Gasteiger charge is -2.16. The smallest absolute Gasteiger partial charge is 0.203 e. The van der Waals surface area contributed by atoms with Crippen LogP contribution >= 0.6 is 0 Å². The van der Waals surface area contributed by atoms with Crippen molar-refractivity contribution in [1.82, 2.24) is 10.6 Å². The van der Waals surface area contributed by atoms with Gasteiger partial charge in [0.1, 0.15) is 0 Å². The van der Waals surface area contributed by atoms with Crippen molar-refractivity contribution in [2.24, 2.45) is 4.99 Å². The zero-order valence-corrected chi connectivity index (χ0v) is 16.8. The molecule has 146 valence electrons. The fraction of sp³-hybridized carbons (Fsp3) is 0.381. The van der Waals surface area contributed by atoms with Gasteiger partial charge in [0.15, 0.2) is 17.5 Å². The van der Waals surface area contributed by atoms with Gasteiger partial charge in [0, 0.05) is 25.7 Å². The van der Waals surface area contributed by atoms with Crippen LogP contribution in [-0.2, 0) is 13.0 Å². The molecule has 2 N–H and O–H groups in total. The van der Waals surface area contributed by atoms with E-state index in [4.69, 9.17) is 14.2 Å². The summed E-state index contributed by atoms with van der Waals surface area (Å²) in [5.74, 6) is 2.72. The number of guanidine groups is 1. The van der Waals surface area contributed by atoms with Crippen LogP contribution in [0.15, 0.2) is 41.4 Å². The standard InChI is InChI=1S/C21H29N3O3/c1-15-7-6-8-16(13-15)14-24-21(22-2)23-12-11-17-9-10-18(25-3)20(27-5)19(17)26-4/h6-10,13H,11-12,14H2,1-5H3,(H2,22,23,24). The van der Waals surface area contributed by atoms with Crippen LogP contribution in [0.3, 0.4) is 0 Å². The molecule has 0 aliphatic heterocycles. The Kier molecular flexibility index (Phi) is 7.79. The van der Waals surface area contributed by atoms with Crippen LogP contribution in [0.1, 0.15) is 16.7 Å². The number of hydrogen-bond donors (Lipinski definition) is 2. The molecular formula is C21H29N3O3. The van der Waals surface area contributed by atoms with Gasteiger partial charge in [-0.15, -0.1) is 0 Å². The van der Waals surface area contributed by atoms with Gasteiger partial charge in [-0.05, 0) is 25.0 Å². The minimum atomic E-state index is 0.611. The lowest BCUT2D eigenvalue weighted by Crippen LogP contribution is -2.37. The number of hydrogen-bond acceptors (Lipinski definition) is 4. The average Bonchev–Trinajstić information content (AvgIpc) is 2.69. The number of nitrogens with zero attached hydrogens (tertiary/aromatic N) is 1. The Morgan fingerprint density at radius 1 is 0.963 bits per heavy atom. The van der Waals surface area contributed by atoms with Gasteiger partial charge in [0.2, 0.25) is 5.75 Å². The van der Waals surface area contributed by atoms with Crippen LogP contribution in [0.4, 0.5) is 0 Å². The highest BCUT2D eigenvalue weighted by molar-refractivity contribution is 5.79. The van der Waals surface area contributed by atoms with Gasteiger partial charge in [-0.2, -0.15) is 0 Å². The summed E-state index contributed by atoms with van der Waals surface area (Å²) >= 11 is 0. The molecule has 0 saturated carbocycles. The van der Waals surface area contributed by atoms with Crippen molar-refractivity contribution in [3.8, 4) is 17.2 Å². The number of ether oxygens (including phenoxy) is 3. The fourth-order valence-electron chi connectivity index (χ4n) is 2.90. The maximum Gasteiger partial charge on any atom is 0.203 e. The highest BCUT2D eigenvalue weighted by Crippen LogP contribution is 2.39. The van der Waals surface area contributed by atoms with Gasteiger partial charge in [0.05, 0.1) is 21.3 Å². The summed E-state index contributed by atoms with van der Waals surface area (Å²) in [6.45, 7) is 3.52. The van der Waals surface area contributed by atoms with E-state index in [0.29, 0.717) is 23.8 Å². The maximum absolute atomic E-state index is 5.53. The normalized spacial score (nSPS) is 11.1. The molecule has 2 rings (SSSR count). The van der Waals surface area contributed by atoms with Crippen molar-refractivity contribution in [1.29, 1.82) is 0 Å². The highest BCUT2D eigenvalue weighted by Gasteiger charge is 2.15. The van der Waals surface area contributed by atoms with Gasteiger partial charge >= 0.3 is 0 Å². The Labute approximate surface area is 161 Å². The molecular weight excluding hydrogens is 342 g/mol. The lowest BCUT2D eigenvalue weighted by atomic mass is 10.1. The third kappa shape index (κ3) is 5.54. The van der Waals surface area contributed by atoms with Crippen LogP contribution in [0.2, 0.25) is 0 Å². The second-order valence-electron chi connectivity index (χ2n) is 6.09. The van der Waals surface area contributed by atoms with E-state index in [1.807, 2.05) is 12.1 Å². The molecule has 0 aliphatic carbocycles. The topological polar surface area (TPSA) is 64.1 Å². The zero-order valence-electron chi connectivity index (χ0n) is 16.8. The summed E-state index contributed by atoms with van der Waals surface area (Å²) in [7, 11) is 6.63. The van der Waals surface area contributed by atoms with Gasteiger partial charge in [-0.1, -0.05) is 35.9 Å². The summed E-state index contributed by atoms with van der Waals surface area (Å²) < 4.78 is 16.3. The number of benzene rings is 2. The van der Waals surface area contributed by atoms with Crippen molar-refractivity contribution in [2.75, 3.05) is 34.9 Å². The monoisotopic (exact) mass is 371 g/mol. The van der Waals surface area contributed by atoms with Crippen molar-refractivity contribution in [2.45, 2.75) is 19.9 Å². The molecule has 0 bridgehead atoms. The van der Waals surface area contributed by atoms with E-state index in [-0.39, 0.29) is 0 Å². The molecule has 0 aliphatic rings. The van der Waals surface area contributed by atoms with E-state index in [0.717, 1.165) is 24.5 Å². The van der Waals surface area contributed by atoms with Crippen LogP contribution in [0.25, 0.3) is 0 Å². The van der Waals surface area contributed by atoms with Crippen molar-refractivity contribution in [3.05, 3.63) is 53.1 Å². The number of nitrogens with one attached hydrogen (secondary N) is 2. The first kappa shape index (κ1) is 20.4. The molecule has 0 amide bonds. The van der Waals surface area contributed by atoms with Crippen LogP contribution < -0.4 is 24.8 Å². The summed E-state index contributed by atoms with van der Waals surface area (Å²) in [6, 6.07) is 12.3. The van der Waals surface area contributed by atoms with Crippen LogP contribution in [0.5, 0.6) is 17.2 Å². The van der Waals surface area contributed by atoms with Gasteiger partial charge < -0.3 is 24.8 Å².